The molecule has 0 saturated heterocycles. The third-order valence-corrected chi connectivity index (χ3v) is 1.51. The summed E-state index contributed by atoms with van der Waals surface area (Å²) in [7, 11) is 0. The van der Waals surface area contributed by atoms with Gasteiger partial charge in [-0.05, 0) is 0 Å². The number of Topliss-reactive ketones (excluding diaryl/α,β-unsaturated/α-hetero) is 1. The van der Waals surface area contributed by atoms with Gasteiger partial charge in [-0.1, -0.05) is 12.1 Å². The molecule has 6 nitrogen and oxygen atoms in total. The monoisotopic (exact) mass is 196 g/mol. The third-order valence-electron chi connectivity index (χ3n) is 1.51. The molecule has 0 heterocycles. The second-order valence-corrected chi connectivity index (χ2v) is 2.44. The van der Waals surface area contributed by atoms with E-state index in [0.29, 0.717) is 0 Å². The molecule has 72 valence electrons. The van der Waals surface area contributed by atoms with Crippen LogP contribution in [0.5, 0.6) is 0 Å². The Morgan fingerprint density at radius 3 is 2.50 bits per heavy atom. The number of nitro benzene ring substituents is 1. The normalized spacial score (nSPS) is 9.43. The van der Waals surface area contributed by atoms with Gasteiger partial charge in [-0.3, -0.25) is 14.9 Å². The summed E-state index contributed by atoms with van der Waals surface area (Å²) in [6, 6.07) is 4.58. The highest BCUT2D eigenvalue weighted by Crippen LogP contribution is 2.13. The van der Waals surface area contributed by atoms with Crippen LogP contribution in [0.25, 0.3) is 0 Å². The Morgan fingerprint density at radius 2 is 2.00 bits per heavy atom. The fourth-order valence-electron chi connectivity index (χ4n) is 0.884. The van der Waals surface area contributed by atoms with Crippen molar-refractivity contribution in [3.8, 4) is 0 Å². The Morgan fingerprint density at radius 1 is 1.36 bits per heavy atom. The van der Waals surface area contributed by atoms with Crippen LogP contribution in [0.3, 0.4) is 0 Å². The van der Waals surface area contributed by atoms with Crippen molar-refractivity contribution in [1.82, 2.24) is 0 Å². The molecule has 1 aromatic rings. The van der Waals surface area contributed by atoms with Gasteiger partial charge in [0.25, 0.3) is 11.5 Å². The van der Waals surface area contributed by atoms with Gasteiger partial charge in [0.15, 0.2) is 0 Å². The lowest BCUT2D eigenvalue weighted by molar-refractivity contribution is -0.384. The molecule has 0 spiro atoms. The van der Waals surface area contributed by atoms with Gasteiger partial charge in [0.2, 0.25) is 0 Å². The summed E-state index contributed by atoms with van der Waals surface area (Å²) in [4.78, 5) is 30.8. The highest BCUT2D eigenvalue weighted by atomic mass is 16.6. The van der Waals surface area contributed by atoms with E-state index in [0.717, 1.165) is 6.07 Å². The number of aliphatic carboxylic acids is 1. The number of nitrogens with zero attached hydrogens (tertiary/aromatic N) is 1. The maximum absolute atomic E-state index is 10.9. The summed E-state index contributed by atoms with van der Waals surface area (Å²) < 4.78 is 0. The largest absolute Gasteiger partial charge is 0.475 e. The van der Waals surface area contributed by atoms with Crippen molar-refractivity contribution in [3.05, 3.63) is 39.9 Å². The van der Waals surface area contributed by atoms with Gasteiger partial charge < -0.3 is 5.11 Å². The number of carbonyl (C=O) groups is 2. The van der Waals surface area contributed by atoms with E-state index >= 15 is 0 Å². The smallest absolute Gasteiger partial charge is 0.377 e. The minimum atomic E-state index is -1.63. The van der Waals surface area contributed by atoms with Crippen LogP contribution in [0.15, 0.2) is 24.3 Å². The molecule has 1 aromatic carbocycles. The van der Waals surface area contributed by atoms with Crippen LogP contribution in [0.1, 0.15) is 10.4 Å². The van der Waals surface area contributed by atoms with E-state index in [1.54, 1.807) is 0 Å². The summed E-state index contributed by atoms with van der Waals surface area (Å²) in [5.74, 6) is -2.79. The second kappa shape index (κ2) is 3.65. The Labute approximate surface area is 77.9 Å². The Balaban J connectivity index is 3.12. The molecular weight excluding hydrogens is 191 g/mol. The molecule has 0 aromatic heterocycles. The minimum absolute atomic E-state index is 0.202. The van der Waals surface area contributed by atoms with Crippen LogP contribution >= 0.6 is 0 Å². The number of carboxylic acids is 1. The molecule has 14 heavy (non-hydrogen) atoms. The molecule has 0 bridgehead atoms. The Kier molecular flexibility index (Phi) is 2.57. The zero-order chi connectivity index (χ0) is 10.7. The molecule has 0 atom stereocenters. The highest BCUT2D eigenvalue weighted by molar-refractivity contribution is 6.39. The first-order chi connectivity index (χ1) is 6.52. The van der Waals surface area contributed by atoms with Crippen LogP contribution in [0, 0.1) is 10.1 Å². The third kappa shape index (κ3) is 1.92. The topological polar surface area (TPSA) is 97.5 Å². The van der Waals surface area contributed by atoms with E-state index in [1.165, 1.54) is 18.2 Å². The van der Waals surface area contributed by atoms with Crippen molar-refractivity contribution in [2.24, 2.45) is 0 Å². The number of carboxylic acid groups (broad SMARTS) is 1. The standard InChI is InChI=1S/C8H5NO5/c10-7(8(11)12)5-2-1-3-6(4-5)9(13)14/h1-4H,(H,11,12)/i7+1. The lowest BCUT2D eigenvalue weighted by Crippen LogP contribution is -2.12. The van der Waals surface area contributed by atoms with Crippen LogP contribution in [-0.4, -0.2) is 21.8 Å². The first-order valence-electron chi connectivity index (χ1n) is 3.54. The molecule has 0 saturated carbocycles. The van der Waals surface area contributed by atoms with E-state index < -0.39 is 16.7 Å². The van der Waals surface area contributed by atoms with Crippen LogP contribution in [0.2, 0.25) is 0 Å². The van der Waals surface area contributed by atoms with E-state index in [-0.39, 0.29) is 11.3 Å². The lowest BCUT2D eigenvalue weighted by atomic mass is 10.2. The number of nitro groups is 1. The van der Waals surface area contributed by atoms with Gasteiger partial charge >= 0.3 is 5.97 Å². The quantitative estimate of drug-likeness (QED) is 0.254. The molecule has 1 N–H and O–H groups in total. The number of hydrogen-bond acceptors (Lipinski definition) is 4. The summed E-state index contributed by atoms with van der Waals surface area (Å²) >= 11 is 0. The van der Waals surface area contributed by atoms with Crippen molar-refractivity contribution >= 4 is 17.4 Å². The minimum Gasteiger partial charge on any atom is -0.475 e. The molecule has 0 radical (unpaired) electrons. The van der Waals surface area contributed by atoms with E-state index in [2.05, 4.69) is 0 Å². The van der Waals surface area contributed by atoms with Crippen LogP contribution in [0.4, 0.5) is 5.69 Å². The molecule has 6 heteroatoms. The molecule has 0 aliphatic rings. The first-order valence-corrected chi connectivity index (χ1v) is 3.54. The van der Waals surface area contributed by atoms with Gasteiger partial charge in [-0.2, -0.15) is 0 Å². The molecule has 0 amide bonds. The lowest BCUT2D eigenvalue weighted by Gasteiger charge is -1.95. The highest BCUT2D eigenvalue weighted by Gasteiger charge is 2.16. The number of carbonyl (C=O) groups excluding carboxylic acids is 1. The first kappa shape index (κ1) is 9.85. The molecule has 0 aliphatic heterocycles. The van der Waals surface area contributed by atoms with Gasteiger partial charge in [0.1, 0.15) is 0 Å². The number of rotatable bonds is 3. The maximum Gasteiger partial charge on any atom is 0.377 e. The predicted octanol–water partition coefficient (Wildman–Crippen LogP) is 0.862. The van der Waals surface area contributed by atoms with E-state index in [1.807, 2.05) is 0 Å². The number of hydrogen-bond donors (Lipinski definition) is 1. The maximum atomic E-state index is 10.9. The fraction of sp³-hybridized carbons (Fsp3) is 0. The van der Waals surface area contributed by atoms with Crippen molar-refractivity contribution in [1.29, 1.82) is 0 Å². The SMILES string of the molecule is O=C(O)[13C](=O)c1cccc([N+](=O)[O-])c1. The van der Waals surface area contributed by atoms with Crippen molar-refractivity contribution < 1.29 is 19.6 Å². The molecular formula is C8H5NO5. The van der Waals surface area contributed by atoms with Gasteiger partial charge in [0.05, 0.1) is 4.92 Å². The zero-order valence-electron chi connectivity index (χ0n) is 6.84. The number of non-ortho nitro benzene ring substituents is 1. The summed E-state index contributed by atoms with van der Waals surface area (Å²) in [6.07, 6.45) is 0. The molecule has 1 rings (SSSR count). The molecule has 0 fully saturated rings. The van der Waals surface area contributed by atoms with Crippen LogP contribution < -0.4 is 0 Å². The average molecular weight is 196 g/mol. The van der Waals surface area contributed by atoms with Crippen LogP contribution in [-0.2, 0) is 4.79 Å². The Bertz CT molecular complexity index is 412. The van der Waals surface area contributed by atoms with Crippen molar-refractivity contribution in [2.75, 3.05) is 0 Å². The Hall–Kier alpha value is -2.24. The van der Waals surface area contributed by atoms with Gasteiger partial charge in [-0.25, -0.2) is 4.79 Å². The fourth-order valence-corrected chi connectivity index (χ4v) is 0.884. The second-order valence-electron chi connectivity index (χ2n) is 2.44. The molecule has 0 aliphatic carbocycles. The number of benzene rings is 1. The molecule has 0 unspecified atom stereocenters. The summed E-state index contributed by atoms with van der Waals surface area (Å²) in [6.45, 7) is 0. The van der Waals surface area contributed by atoms with Crippen molar-refractivity contribution in [3.63, 3.8) is 0 Å². The van der Waals surface area contributed by atoms with Gasteiger partial charge in [0, 0.05) is 17.7 Å². The predicted molar refractivity (Wildman–Crippen MR) is 45.1 cm³/mol. The number of ketones is 1. The van der Waals surface area contributed by atoms with Crippen molar-refractivity contribution in [2.45, 2.75) is 0 Å². The average Bonchev–Trinajstić information content (AvgIpc) is 2.16. The van der Waals surface area contributed by atoms with Gasteiger partial charge in [-0.15, -0.1) is 0 Å². The van der Waals surface area contributed by atoms with E-state index in [4.69, 9.17) is 5.11 Å². The van der Waals surface area contributed by atoms with E-state index in [9.17, 15) is 19.7 Å². The summed E-state index contributed by atoms with van der Waals surface area (Å²) in [5, 5.41) is 18.6. The summed E-state index contributed by atoms with van der Waals surface area (Å²) in [5.41, 5.74) is -0.510. The zero-order valence-corrected chi connectivity index (χ0v) is 6.84.